The number of nitrogens with one attached hydrogen (secondary N) is 2. The van der Waals surface area contributed by atoms with Crippen molar-refractivity contribution in [1.82, 2.24) is 10.2 Å². The van der Waals surface area contributed by atoms with E-state index in [1.807, 2.05) is 49.4 Å². The molecule has 3 aromatic carbocycles. The van der Waals surface area contributed by atoms with E-state index in [1.54, 1.807) is 38.1 Å². The molecule has 1 unspecified atom stereocenters. The molecule has 2 amide bonds. The number of carbonyl (C=O) groups is 3. The molecule has 2 N–H and O–H groups in total. The van der Waals surface area contributed by atoms with Crippen LogP contribution in [0.4, 0.5) is 10.5 Å². The van der Waals surface area contributed by atoms with Crippen molar-refractivity contribution in [2.75, 3.05) is 31.6 Å². The lowest BCUT2D eigenvalue weighted by atomic mass is 10.0. The summed E-state index contributed by atoms with van der Waals surface area (Å²) in [4.78, 5) is 48.1. The zero-order valence-electron chi connectivity index (χ0n) is 29.9. The molecular formula is C41H42N6O5. The number of esters is 1. The summed E-state index contributed by atoms with van der Waals surface area (Å²) in [5.74, 6) is -1.18. The largest absolute Gasteiger partial charge is 0.532 e. The zero-order chi connectivity index (χ0) is 38.0. The summed E-state index contributed by atoms with van der Waals surface area (Å²) in [5, 5.41) is 5.98. The SMILES string of the molecule is C=Cc1cccc(C)c1.[C-]#[N+]C([N+]#[C-])=C1C([N+]#[C-])=C(c2ccc(NC(CC)c3ccc(C(=O)OCCCOC(=O)NCC)cc3)cc2)C(=O)N1CC. The van der Waals surface area contributed by atoms with Crippen molar-refractivity contribution < 1.29 is 23.9 Å². The molecule has 1 atom stereocenters. The van der Waals surface area contributed by atoms with Crippen LogP contribution in [-0.2, 0) is 14.3 Å². The number of ether oxygens (including phenoxy) is 2. The third-order valence-corrected chi connectivity index (χ3v) is 7.87. The first-order valence-corrected chi connectivity index (χ1v) is 16.8. The maximum Gasteiger partial charge on any atom is 0.532 e. The van der Waals surface area contributed by atoms with Gasteiger partial charge in [0.2, 0.25) is 11.6 Å². The number of anilines is 1. The molecule has 0 spiro atoms. The summed E-state index contributed by atoms with van der Waals surface area (Å²) in [5.41, 5.74) is 5.40. The molecule has 0 aliphatic carbocycles. The monoisotopic (exact) mass is 698 g/mol. The number of likely N-dealkylation sites (N-methyl/N-ethyl adjacent to an activating group) is 1. The number of hydrogen-bond acceptors (Lipinski definition) is 6. The molecule has 1 aliphatic rings. The molecule has 0 saturated heterocycles. The Morgan fingerprint density at radius 1 is 0.942 bits per heavy atom. The Kier molecular flexibility index (Phi) is 15.4. The number of amides is 2. The predicted octanol–water partition coefficient (Wildman–Crippen LogP) is 8.68. The van der Waals surface area contributed by atoms with E-state index in [9.17, 15) is 14.4 Å². The number of carbonyl (C=O) groups excluding carboxylic acids is 3. The molecular weight excluding hydrogens is 656 g/mol. The lowest BCUT2D eigenvalue weighted by Crippen LogP contribution is -2.25. The number of hydrogen-bond donors (Lipinski definition) is 2. The second-order valence-corrected chi connectivity index (χ2v) is 11.4. The number of nitrogens with zero attached hydrogens (tertiary/aromatic N) is 4. The number of alkyl carbamates (subject to hydrolysis) is 1. The zero-order valence-corrected chi connectivity index (χ0v) is 29.9. The van der Waals surface area contributed by atoms with Gasteiger partial charge in [0.05, 0.1) is 37.0 Å². The van der Waals surface area contributed by atoms with Crippen LogP contribution in [0.3, 0.4) is 0 Å². The van der Waals surface area contributed by atoms with Crippen molar-refractivity contribution in [3.63, 3.8) is 0 Å². The number of benzene rings is 3. The Morgan fingerprint density at radius 3 is 2.15 bits per heavy atom. The van der Waals surface area contributed by atoms with Crippen LogP contribution in [0.15, 0.2) is 96.6 Å². The summed E-state index contributed by atoms with van der Waals surface area (Å²) in [6.45, 7) is 34.6. The Bertz CT molecular complexity index is 1930. The topological polar surface area (TPSA) is 110 Å². The van der Waals surface area contributed by atoms with Gasteiger partial charge in [0.25, 0.3) is 0 Å². The van der Waals surface area contributed by atoms with Crippen LogP contribution in [0, 0.1) is 26.6 Å². The highest BCUT2D eigenvalue weighted by Crippen LogP contribution is 2.39. The Labute approximate surface area is 305 Å². The second kappa shape index (κ2) is 20.1. The van der Waals surface area contributed by atoms with E-state index in [-0.39, 0.29) is 48.6 Å². The van der Waals surface area contributed by atoms with E-state index in [0.29, 0.717) is 24.1 Å². The Hall–Kier alpha value is -6.64. The molecule has 3 aromatic rings. The highest BCUT2D eigenvalue weighted by atomic mass is 16.6. The van der Waals surface area contributed by atoms with Crippen molar-refractivity contribution in [3.8, 4) is 0 Å². The first kappa shape index (κ1) is 39.8. The van der Waals surface area contributed by atoms with E-state index < -0.39 is 18.0 Å². The summed E-state index contributed by atoms with van der Waals surface area (Å²) in [6, 6.07) is 22.4. The molecule has 1 aliphatic heterocycles. The predicted molar refractivity (Wildman–Crippen MR) is 202 cm³/mol. The van der Waals surface area contributed by atoms with Crippen LogP contribution in [0.1, 0.15) is 72.3 Å². The Morgan fingerprint density at radius 2 is 1.62 bits per heavy atom. The van der Waals surface area contributed by atoms with E-state index in [4.69, 9.17) is 29.2 Å². The molecule has 0 aromatic heterocycles. The van der Waals surface area contributed by atoms with Crippen LogP contribution in [0.5, 0.6) is 0 Å². The summed E-state index contributed by atoms with van der Waals surface area (Å²) in [7, 11) is 0. The van der Waals surface area contributed by atoms with Gasteiger partial charge in [-0.1, -0.05) is 73.7 Å². The maximum atomic E-state index is 13.2. The summed E-state index contributed by atoms with van der Waals surface area (Å²) >= 11 is 0. The van der Waals surface area contributed by atoms with Crippen molar-refractivity contribution in [3.05, 3.63) is 159 Å². The molecule has 0 radical (unpaired) electrons. The van der Waals surface area contributed by atoms with E-state index in [1.165, 1.54) is 16.0 Å². The number of aryl methyl sites for hydroxylation is 1. The van der Waals surface area contributed by atoms with Gasteiger partial charge in [-0.25, -0.2) is 14.4 Å². The third-order valence-electron chi connectivity index (χ3n) is 7.87. The minimum absolute atomic E-state index is 0.00678. The lowest BCUT2D eigenvalue weighted by molar-refractivity contribution is -0.122. The average Bonchev–Trinajstić information content (AvgIpc) is 3.45. The van der Waals surface area contributed by atoms with Crippen LogP contribution in [-0.4, -0.2) is 49.2 Å². The molecule has 4 rings (SSSR count). The normalized spacial score (nSPS) is 12.3. The smallest absolute Gasteiger partial charge is 0.462 e. The first-order valence-electron chi connectivity index (χ1n) is 16.8. The molecule has 52 heavy (non-hydrogen) atoms. The molecule has 0 fully saturated rings. The molecule has 0 bridgehead atoms. The highest BCUT2D eigenvalue weighted by molar-refractivity contribution is 6.25. The van der Waals surface area contributed by atoms with Crippen LogP contribution in [0.2, 0.25) is 0 Å². The molecule has 11 heteroatoms. The highest BCUT2D eigenvalue weighted by Gasteiger charge is 2.40. The Balaban J connectivity index is 0.000000703. The van der Waals surface area contributed by atoms with Gasteiger partial charge in [0.1, 0.15) is 18.8 Å². The summed E-state index contributed by atoms with van der Waals surface area (Å²) in [6.07, 6.45) is 2.49. The molecule has 1 heterocycles. The van der Waals surface area contributed by atoms with Crippen molar-refractivity contribution >= 4 is 35.3 Å². The van der Waals surface area contributed by atoms with Crippen LogP contribution in [0.25, 0.3) is 26.2 Å². The standard InChI is InChI=1S/C32H32N6O5.C9H10/c1-7-25(21-11-13-23(14-12-21)31(40)42-19-10-20-43-32(41)36-8-2)37-24-17-15-22(16-18-24)26-27(33-4)28(29(34-5)35-6)38(9-3)30(26)39;1-3-9-6-4-5-8(2)7-9/h11-18,25,37H,7-10,19-20H2,1-3H3,(H,36,41);3-7H,1H2,2H3. The van der Waals surface area contributed by atoms with Crippen molar-refractivity contribution in [2.24, 2.45) is 0 Å². The lowest BCUT2D eigenvalue weighted by Gasteiger charge is -2.19. The van der Waals surface area contributed by atoms with Gasteiger partial charge in [-0.3, -0.25) is 4.79 Å². The molecule has 0 saturated carbocycles. The van der Waals surface area contributed by atoms with Gasteiger partial charge in [0, 0.05) is 25.2 Å². The van der Waals surface area contributed by atoms with Gasteiger partial charge in [-0.2, -0.15) is 9.69 Å². The van der Waals surface area contributed by atoms with Gasteiger partial charge in [0.15, 0.2) is 0 Å². The van der Waals surface area contributed by atoms with Gasteiger partial charge < -0.3 is 25.0 Å². The quantitative estimate of drug-likeness (QED) is 0.105. The number of rotatable bonds is 13. The summed E-state index contributed by atoms with van der Waals surface area (Å²) < 4.78 is 10.2. The van der Waals surface area contributed by atoms with Crippen LogP contribution >= 0.6 is 0 Å². The minimum atomic E-state index is -0.502. The maximum absolute atomic E-state index is 13.2. The van der Waals surface area contributed by atoms with Gasteiger partial charge in [-0.05, 0) is 68.1 Å². The third kappa shape index (κ3) is 10.4. The van der Waals surface area contributed by atoms with Crippen molar-refractivity contribution in [2.45, 2.75) is 46.6 Å². The molecule has 11 nitrogen and oxygen atoms in total. The second-order valence-electron chi connectivity index (χ2n) is 11.4. The first-order chi connectivity index (χ1) is 25.1. The molecule has 266 valence electrons. The van der Waals surface area contributed by atoms with Gasteiger partial charge in [-0.15, -0.1) is 0 Å². The fourth-order valence-electron chi connectivity index (χ4n) is 5.28. The van der Waals surface area contributed by atoms with E-state index >= 15 is 0 Å². The van der Waals surface area contributed by atoms with E-state index in [2.05, 4.69) is 50.8 Å². The van der Waals surface area contributed by atoms with Gasteiger partial charge >= 0.3 is 17.9 Å². The minimum Gasteiger partial charge on any atom is -0.462 e. The van der Waals surface area contributed by atoms with Crippen LogP contribution < -0.4 is 10.6 Å². The average molecular weight is 699 g/mol. The fraction of sp³-hybridized carbons (Fsp3) is 0.268. The van der Waals surface area contributed by atoms with E-state index in [0.717, 1.165) is 17.7 Å². The fourth-order valence-corrected chi connectivity index (χ4v) is 5.28. The van der Waals surface area contributed by atoms with Crippen molar-refractivity contribution in [1.29, 1.82) is 0 Å².